The van der Waals surface area contributed by atoms with Crippen molar-refractivity contribution in [3.05, 3.63) is 74.4 Å². The third kappa shape index (κ3) is 4.64. The molecular formula is C20H15F3N6OS. The zero-order valence-corrected chi connectivity index (χ0v) is 16.8. The summed E-state index contributed by atoms with van der Waals surface area (Å²) in [5.41, 5.74) is 1.75. The number of anilines is 1. The van der Waals surface area contributed by atoms with Crippen LogP contribution in [0.3, 0.4) is 0 Å². The van der Waals surface area contributed by atoms with E-state index in [0.717, 1.165) is 17.3 Å². The van der Waals surface area contributed by atoms with Crippen LogP contribution in [0.1, 0.15) is 27.4 Å². The third-order valence-electron chi connectivity index (χ3n) is 4.73. The Kier molecular flexibility index (Phi) is 5.56. The van der Waals surface area contributed by atoms with E-state index in [1.807, 2.05) is 17.0 Å². The van der Waals surface area contributed by atoms with Crippen molar-refractivity contribution >= 4 is 22.9 Å². The van der Waals surface area contributed by atoms with Crippen LogP contribution in [0.15, 0.2) is 47.7 Å². The summed E-state index contributed by atoms with van der Waals surface area (Å²) in [7, 11) is 0. The highest BCUT2D eigenvalue weighted by Crippen LogP contribution is 2.34. The second-order valence-electron chi connectivity index (χ2n) is 6.80. The Morgan fingerprint density at radius 2 is 2.03 bits per heavy atom. The fraction of sp³-hybridized carbons (Fsp3) is 0.250. The van der Waals surface area contributed by atoms with Crippen molar-refractivity contribution < 1.29 is 13.2 Å². The molecule has 31 heavy (non-hydrogen) atoms. The van der Waals surface area contributed by atoms with Crippen molar-refractivity contribution in [2.45, 2.75) is 19.1 Å². The van der Waals surface area contributed by atoms with Crippen LogP contribution in [0, 0.1) is 11.3 Å². The molecule has 4 heterocycles. The van der Waals surface area contributed by atoms with Crippen molar-refractivity contribution in [1.82, 2.24) is 19.5 Å². The molecule has 0 aromatic carbocycles. The lowest BCUT2D eigenvalue weighted by Crippen LogP contribution is -2.34. The topological polar surface area (TPSA) is 87.7 Å². The van der Waals surface area contributed by atoms with E-state index in [0.29, 0.717) is 41.3 Å². The van der Waals surface area contributed by atoms with E-state index in [1.54, 1.807) is 12.1 Å². The molecule has 0 spiro atoms. The number of halogens is 3. The van der Waals surface area contributed by atoms with Gasteiger partial charge in [-0.05, 0) is 36.3 Å². The van der Waals surface area contributed by atoms with Crippen LogP contribution in [0.4, 0.5) is 19.1 Å². The molecule has 0 radical (unpaired) electrons. The number of nitrogens with zero attached hydrogens (tertiary/aromatic N) is 6. The molecule has 3 aromatic heterocycles. The van der Waals surface area contributed by atoms with Crippen molar-refractivity contribution in [2.75, 3.05) is 18.0 Å². The Balaban J connectivity index is 1.45. The van der Waals surface area contributed by atoms with Gasteiger partial charge in [0.25, 0.3) is 0 Å². The van der Waals surface area contributed by atoms with Gasteiger partial charge in [0.15, 0.2) is 0 Å². The van der Waals surface area contributed by atoms with E-state index in [2.05, 4.69) is 15.0 Å². The lowest BCUT2D eigenvalue weighted by atomic mass is 10.0. The number of pyridine rings is 1. The van der Waals surface area contributed by atoms with Crippen molar-refractivity contribution in [3.8, 4) is 6.07 Å². The van der Waals surface area contributed by atoms with E-state index in [4.69, 9.17) is 5.26 Å². The van der Waals surface area contributed by atoms with E-state index in [1.165, 1.54) is 23.2 Å². The number of rotatable bonds is 4. The summed E-state index contributed by atoms with van der Waals surface area (Å²) in [5.74, 6) is 0.270. The fourth-order valence-corrected chi connectivity index (χ4v) is 4.00. The van der Waals surface area contributed by atoms with Gasteiger partial charge in [0, 0.05) is 24.2 Å². The molecular weight excluding hydrogens is 429 g/mol. The SMILES string of the molecule is N#Cc1ccc(C2=CCN(c3ncn(Cc4ccc(C(F)(F)F)s4)c(=O)n3)CC2)nc1. The number of aromatic nitrogens is 4. The summed E-state index contributed by atoms with van der Waals surface area (Å²) in [4.78, 5) is 26.4. The Hall–Kier alpha value is -3.52. The molecule has 0 unspecified atom stereocenters. The first-order valence-electron chi connectivity index (χ1n) is 9.23. The van der Waals surface area contributed by atoms with E-state index >= 15 is 0 Å². The average molecular weight is 444 g/mol. The van der Waals surface area contributed by atoms with Crippen LogP contribution >= 0.6 is 11.3 Å². The largest absolute Gasteiger partial charge is 0.425 e. The molecule has 0 saturated carbocycles. The average Bonchev–Trinajstić information content (AvgIpc) is 3.25. The van der Waals surface area contributed by atoms with Crippen molar-refractivity contribution in [3.63, 3.8) is 0 Å². The van der Waals surface area contributed by atoms with Gasteiger partial charge in [-0.3, -0.25) is 9.55 Å². The van der Waals surface area contributed by atoms with Crippen LogP contribution in [-0.2, 0) is 12.7 Å². The molecule has 0 bridgehead atoms. The number of hydrogen-bond acceptors (Lipinski definition) is 7. The monoisotopic (exact) mass is 444 g/mol. The Morgan fingerprint density at radius 1 is 1.19 bits per heavy atom. The Bertz CT molecular complexity index is 1220. The minimum Gasteiger partial charge on any atom is -0.337 e. The lowest BCUT2D eigenvalue weighted by molar-refractivity contribution is -0.134. The van der Waals surface area contributed by atoms with Crippen molar-refractivity contribution in [1.29, 1.82) is 5.26 Å². The van der Waals surface area contributed by atoms with Crippen LogP contribution < -0.4 is 10.6 Å². The molecule has 1 aliphatic rings. The molecule has 0 saturated heterocycles. The quantitative estimate of drug-likeness (QED) is 0.614. The summed E-state index contributed by atoms with van der Waals surface area (Å²) in [6, 6.07) is 7.89. The molecule has 0 fully saturated rings. The van der Waals surface area contributed by atoms with Gasteiger partial charge in [-0.1, -0.05) is 6.08 Å². The second kappa shape index (κ2) is 8.31. The van der Waals surface area contributed by atoms with Crippen LogP contribution in [0.25, 0.3) is 5.57 Å². The Morgan fingerprint density at radius 3 is 2.61 bits per heavy atom. The van der Waals surface area contributed by atoms with Crippen LogP contribution in [0.5, 0.6) is 0 Å². The first-order chi connectivity index (χ1) is 14.8. The molecule has 158 valence electrons. The molecule has 0 atom stereocenters. The van der Waals surface area contributed by atoms with E-state index < -0.39 is 16.7 Å². The van der Waals surface area contributed by atoms with Gasteiger partial charge >= 0.3 is 11.9 Å². The second-order valence-corrected chi connectivity index (χ2v) is 7.97. The normalized spacial score (nSPS) is 14.3. The predicted molar refractivity (Wildman–Crippen MR) is 108 cm³/mol. The molecule has 7 nitrogen and oxygen atoms in total. The molecule has 0 aliphatic carbocycles. The highest BCUT2D eigenvalue weighted by Gasteiger charge is 2.32. The van der Waals surface area contributed by atoms with E-state index in [-0.39, 0.29) is 12.5 Å². The summed E-state index contributed by atoms with van der Waals surface area (Å²) >= 11 is 0.594. The van der Waals surface area contributed by atoms with Gasteiger partial charge in [-0.15, -0.1) is 11.3 Å². The maximum Gasteiger partial charge on any atom is 0.425 e. The highest BCUT2D eigenvalue weighted by molar-refractivity contribution is 7.12. The maximum absolute atomic E-state index is 12.7. The zero-order chi connectivity index (χ0) is 22.0. The minimum absolute atomic E-state index is 0.0196. The Labute approximate surface area is 178 Å². The van der Waals surface area contributed by atoms with E-state index in [9.17, 15) is 18.0 Å². The molecule has 0 amide bonds. The van der Waals surface area contributed by atoms with Crippen LogP contribution in [0.2, 0.25) is 0 Å². The zero-order valence-electron chi connectivity index (χ0n) is 16.0. The lowest BCUT2D eigenvalue weighted by Gasteiger charge is -2.26. The maximum atomic E-state index is 12.7. The highest BCUT2D eigenvalue weighted by atomic mass is 32.1. The third-order valence-corrected chi connectivity index (χ3v) is 5.85. The number of nitriles is 1. The minimum atomic E-state index is -4.40. The first kappa shape index (κ1) is 20.7. The number of thiophene rings is 1. The summed E-state index contributed by atoms with van der Waals surface area (Å²) in [5, 5.41) is 8.86. The van der Waals surface area contributed by atoms with Gasteiger partial charge in [0.05, 0.1) is 17.8 Å². The number of alkyl halides is 3. The predicted octanol–water partition coefficient (Wildman–Crippen LogP) is 3.33. The smallest absolute Gasteiger partial charge is 0.337 e. The molecule has 4 rings (SSSR count). The van der Waals surface area contributed by atoms with Gasteiger partial charge in [-0.25, -0.2) is 9.78 Å². The number of hydrogen-bond donors (Lipinski definition) is 0. The fourth-order valence-electron chi connectivity index (χ4n) is 3.13. The summed E-state index contributed by atoms with van der Waals surface area (Å²) in [6.45, 7) is 1.05. The summed E-state index contributed by atoms with van der Waals surface area (Å²) < 4.78 is 39.4. The van der Waals surface area contributed by atoms with Gasteiger partial charge < -0.3 is 4.90 Å². The molecule has 1 aliphatic heterocycles. The van der Waals surface area contributed by atoms with Crippen LogP contribution in [-0.4, -0.2) is 32.6 Å². The molecule has 0 N–H and O–H groups in total. The standard InChI is InChI=1S/C20H15F3N6OS/c21-20(22,23)17-4-2-15(31-17)11-29-12-26-18(27-19(29)30)28-7-5-14(6-8-28)16-3-1-13(9-24)10-25-16/h1-5,10,12H,6-8,11H2. The molecule has 3 aromatic rings. The van der Waals surface area contributed by atoms with Gasteiger partial charge in [0.2, 0.25) is 5.95 Å². The van der Waals surface area contributed by atoms with Gasteiger partial charge in [0.1, 0.15) is 17.3 Å². The summed E-state index contributed by atoms with van der Waals surface area (Å²) in [6.07, 6.45) is 1.07. The van der Waals surface area contributed by atoms with Gasteiger partial charge in [-0.2, -0.15) is 23.4 Å². The molecule has 11 heteroatoms. The van der Waals surface area contributed by atoms with Crippen molar-refractivity contribution in [2.24, 2.45) is 0 Å². The first-order valence-corrected chi connectivity index (χ1v) is 10.0.